The van der Waals surface area contributed by atoms with E-state index in [1.165, 1.54) is 0 Å². The first-order valence-electron chi connectivity index (χ1n) is 5.87. The summed E-state index contributed by atoms with van der Waals surface area (Å²) >= 11 is 0. The number of rotatable bonds is 6. The third-order valence-electron chi connectivity index (χ3n) is 3.06. The van der Waals surface area contributed by atoms with Crippen LogP contribution in [0.15, 0.2) is 0 Å². The molecule has 1 unspecified atom stereocenters. The lowest BCUT2D eigenvalue weighted by Crippen LogP contribution is -2.40. The van der Waals surface area contributed by atoms with Crippen molar-refractivity contribution in [3.63, 3.8) is 0 Å². The van der Waals surface area contributed by atoms with Crippen molar-refractivity contribution in [1.29, 1.82) is 0 Å². The normalized spacial score (nSPS) is 32.9. The Balaban J connectivity index is 2.68. The van der Waals surface area contributed by atoms with Gasteiger partial charge in [0.25, 0.3) is 0 Å². The second-order valence-corrected chi connectivity index (χ2v) is 7.60. The first-order chi connectivity index (χ1) is 7.92. The smallest absolute Gasteiger partial charge is 0.213 e. The maximum absolute atomic E-state index is 12.6. The van der Waals surface area contributed by atoms with Crippen LogP contribution in [0.3, 0.4) is 0 Å². The molecule has 0 aromatic heterocycles. The quantitative estimate of drug-likeness (QED) is 0.561. The monoisotopic (exact) mass is 260 g/mol. The Morgan fingerprint density at radius 2 is 2.24 bits per heavy atom. The van der Waals surface area contributed by atoms with Crippen LogP contribution >= 0.6 is 7.44 Å². The lowest BCUT2D eigenvalue weighted by atomic mass is 9.95. The van der Waals surface area contributed by atoms with Crippen molar-refractivity contribution in [2.24, 2.45) is 0 Å². The average molecular weight is 260 g/mol. The van der Waals surface area contributed by atoms with E-state index >= 15 is 0 Å². The van der Waals surface area contributed by atoms with E-state index in [9.17, 15) is 4.57 Å². The Morgan fingerprint density at radius 1 is 1.59 bits per heavy atom. The van der Waals surface area contributed by atoms with Gasteiger partial charge >= 0.3 is 0 Å². The number of hydrogen-bond acceptors (Lipinski definition) is 3. The standard InChI is InChI=1S/C10H22BN2O3P/c1-5-17(14,13(2)3)12-8-6-10(11)16-9(8)7-15-4/h8-10H,5-7H2,1-4H3,(H,12,14)/t8-,9-,10-,17?/m1/s1. The number of nitrogens with one attached hydrogen (secondary N) is 1. The van der Waals surface area contributed by atoms with Crippen molar-refractivity contribution in [2.45, 2.75) is 31.5 Å². The van der Waals surface area contributed by atoms with Crippen LogP contribution in [0, 0.1) is 0 Å². The van der Waals surface area contributed by atoms with Crippen molar-refractivity contribution in [2.75, 3.05) is 34.0 Å². The van der Waals surface area contributed by atoms with Gasteiger partial charge in [-0.25, -0.2) is 9.76 Å². The molecular formula is C10H22BN2O3P. The molecule has 0 aliphatic carbocycles. The predicted molar refractivity (Wildman–Crippen MR) is 69.7 cm³/mol. The van der Waals surface area contributed by atoms with Crippen molar-refractivity contribution >= 4 is 15.3 Å². The van der Waals surface area contributed by atoms with Crippen molar-refractivity contribution in [3.8, 4) is 0 Å². The first kappa shape index (κ1) is 15.2. The Hall–Kier alpha value is 0.135. The summed E-state index contributed by atoms with van der Waals surface area (Å²) in [6.07, 6.45) is 1.10. The van der Waals surface area contributed by atoms with E-state index in [2.05, 4.69) is 5.09 Å². The minimum Gasteiger partial charge on any atom is -0.382 e. The van der Waals surface area contributed by atoms with Gasteiger partial charge < -0.3 is 9.47 Å². The summed E-state index contributed by atoms with van der Waals surface area (Å²) < 4.78 is 24.9. The molecular weight excluding hydrogens is 238 g/mol. The van der Waals surface area contributed by atoms with Crippen LogP contribution in [0.25, 0.3) is 0 Å². The Labute approximate surface area is 105 Å². The van der Waals surface area contributed by atoms with Crippen LogP contribution in [0.2, 0.25) is 0 Å². The Kier molecular flexibility index (Phi) is 5.67. The summed E-state index contributed by atoms with van der Waals surface area (Å²) in [5, 5.41) is 3.20. The van der Waals surface area contributed by atoms with Crippen LogP contribution in [0.1, 0.15) is 13.3 Å². The summed E-state index contributed by atoms with van der Waals surface area (Å²) in [6, 6.07) is -0.321. The van der Waals surface area contributed by atoms with Gasteiger partial charge in [-0.3, -0.25) is 4.57 Å². The minimum atomic E-state index is -2.52. The highest BCUT2D eigenvalue weighted by molar-refractivity contribution is 7.59. The number of hydrogen-bond donors (Lipinski definition) is 1. The summed E-state index contributed by atoms with van der Waals surface area (Å²) in [4.78, 5) is 0. The second-order valence-electron chi connectivity index (χ2n) is 4.50. The van der Waals surface area contributed by atoms with Crippen LogP contribution in [-0.4, -0.2) is 64.6 Å². The van der Waals surface area contributed by atoms with Crippen LogP contribution in [-0.2, 0) is 14.0 Å². The molecule has 5 nitrogen and oxygen atoms in total. The summed E-state index contributed by atoms with van der Waals surface area (Å²) in [6.45, 7) is 2.37. The van der Waals surface area contributed by atoms with Gasteiger partial charge in [0, 0.05) is 25.3 Å². The third-order valence-corrected chi connectivity index (χ3v) is 5.94. The summed E-state index contributed by atoms with van der Waals surface area (Å²) in [5.41, 5.74) is 0. The fourth-order valence-corrected chi connectivity index (χ4v) is 3.75. The van der Waals surface area contributed by atoms with Crippen LogP contribution in [0.5, 0.6) is 0 Å². The van der Waals surface area contributed by atoms with E-state index in [1.807, 2.05) is 21.0 Å². The van der Waals surface area contributed by atoms with Gasteiger partial charge in [0.15, 0.2) is 0 Å². The van der Waals surface area contributed by atoms with Crippen molar-refractivity contribution < 1.29 is 14.0 Å². The minimum absolute atomic E-state index is 0.0156. The molecule has 7 heteroatoms. The van der Waals surface area contributed by atoms with Gasteiger partial charge in [-0.15, -0.1) is 0 Å². The lowest BCUT2D eigenvalue weighted by Gasteiger charge is -2.29. The van der Waals surface area contributed by atoms with Crippen LogP contribution < -0.4 is 5.09 Å². The van der Waals surface area contributed by atoms with Gasteiger partial charge in [-0.2, -0.15) is 0 Å². The molecule has 0 aromatic carbocycles. The molecule has 2 radical (unpaired) electrons. The fraction of sp³-hybridized carbons (Fsp3) is 1.00. The Morgan fingerprint density at radius 3 is 2.71 bits per heavy atom. The molecule has 1 aliphatic rings. The molecule has 0 spiro atoms. The van der Waals surface area contributed by atoms with E-state index in [4.69, 9.17) is 17.3 Å². The van der Waals surface area contributed by atoms with Crippen molar-refractivity contribution in [3.05, 3.63) is 0 Å². The van der Waals surface area contributed by atoms with Gasteiger partial charge in [0.2, 0.25) is 7.44 Å². The zero-order valence-corrected chi connectivity index (χ0v) is 11.9. The maximum Gasteiger partial charge on any atom is 0.213 e. The van der Waals surface area contributed by atoms with E-state index in [-0.39, 0.29) is 18.1 Å². The molecule has 1 rings (SSSR count). The molecule has 1 saturated heterocycles. The summed E-state index contributed by atoms with van der Waals surface area (Å²) in [7, 11) is 8.50. The lowest BCUT2D eigenvalue weighted by molar-refractivity contribution is 0.0182. The molecule has 0 bridgehead atoms. The van der Waals surface area contributed by atoms with Gasteiger partial charge in [0.05, 0.1) is 12.7 Å². The second kappa shape index (κ2) is 6.35. The number of ether oxygens (including phenoxy) is 2. The van der Waals surface area contributed by atoms with Crippen LogP contribution in [0.4, 0.5) is 0 Å². The highest BCUT2D eigenvalue weighted by Crippen LogP contribution is 2.44. The molecule has 17 heavy (non-hydrogen) atoms. The average Bonchev–Trinajstić information content (AvgIpc) is 2.59. The molecule has 1 fully saturated rings. The van der Waals surface area contributed by atoms with E-state index in [1.54, 1.807) is 11.8 Å². The number of methoxy groups -OCH3 is 1. The van der Waals surface area contributed by atoms with E-state index in [0.717, 1.165) is 0 Å². The molecule has 98 valence electrons. The van der Waals surface area contributed by atoms with E-state index in [0.29, 0.717) is 19.2 Å². The van der Waals surface area contributed by atoms with Gasteiger partial charge in [0.1, 0.15) is 7.85 Å². The largest absolute Gasteiger partial charge is 0.382 e. The highest BCUT2D eigenvalue weighted by atomic mass is 31.2. The third kappa shape index (κ3) is 3.80. The zero-order valence-electron chi connectivity index (χ0n) is 11.0. The topological polar surface area (TPSA) is 50.8 Å². The fourth-order valence-electron chi connectivity index (χ4n) is 1.98. The molecule has 4 atom stereocenters. The molecule has 0 amide bonds. The first-order valence-corrected chi connectivity index (χ1v) is 7.72. The zero-order chi connectivity index (χ0) is 13.1. The van der Waals surface area contributed by atoms with Gasteiger partial charge in [-0.1, -0.05) is 6.92 Å². The van der Waals surface area contributed by atoms with Crippen molar-refractivity contribution in [1.82, 2.24) is 9.76 Å². The number of nitrogens with zero attached hydrogens (tertiary/aromatic N) is 1. The SMILES string of the molecule is [B][C@H]1C[C@@H](NP(=O)(CC)N(C)C)[C@@H](COC)O1. The molecule has 0 saturated carbocycles. The van der Waals surface area contributed by atoms with E-state index < -0.39 is 7.44 Å². The Bertz CT molecular complexity index is 291. The maximum atomic E-state index is 12.6. The molecule has 0 aromatic rings. The highest BCUT2D eigenvalue weighted by Gasteiger charge is 2.37. The molecule has 1 aliphatic heterocycles. The van der Waals surface area contributed by atoms with Gasteiger partial charge in [-0.05, 0) is 20.5 Å². The molecule has 1 N–H and O–H groups in total. The predicted octanol–water partition coefficient (Wildman–Crippen LogP) is 0.649. The molecule has 1 heterocycles. The summed E-state index contributed by atoms with van der Waals surface area (Å²) in [5.74, 6) is 0.